The van der Waals surface area contributed by atoms with Gasteiger partial charge in [-0.15, -0.1) is 0 Å². The lowest BCUT2D eigenvalue weighted by atomic mass is 10.2. The van der Waals surface area contributed by atoms with E-state index in [1.165, 1.54) is 6.07 Å². The molecule has 88 valence electrons. The molecule has 0 spiro atoms. The number of nitrogens with two attached hydrogens (primary N) is 1. The number of nitrogens with zero attached hydrogens (tertiary/aromatic N) is 1. The summed E-state index contributed by atoms with van der Waals surface area (Å²) in [6.45, 7) is 4.02. The molecule has 0 fully saturated rings. The number of hydrogen-bond acceptors (Lipinski definition) is 2. The van der Waals surface area contributed by atoms with Crippen LogP contribution in [0.4, 0.5) is 4.39 Å². The molecule has 16 heavy (non-hydrogen) atoms. The summed E-state index contributed by atoms with van der Waals surface area (Å²) in [5.41, 5.74) is 6.40. The minimum Gasteiger partial charge on any atom is -0.392 e. The van der Waals surface area contributed by atoms with Crippen molar-refractivity contribution < 1.29 is 4.39 Å². The first-order chi connectivity index (χ1) is 7.54. The minimum absolute atomic E-state index is 0.246. The first-order valence-electron chi connectivity index (χ1n) is 4.98. The van der Waals surface area contributed by atoms with Crippen molar-refractivity contribution in [2.45, 2.75) is 13.5 Å². The van der Waals surface area contributed by atoms with Gasteiger partial charge in [-0.2, -0.15) is 0 Å². The second-order valence-electron chi connectivity index (χ2n) is 3.48. The van der Waals surface area contributed by atoms with Gasteiger partial charge >= 0.3 is 0 Å². The van der Waals surface area contributed by atoms with Gasteiger partial charge in [0.05, 0.1) is 9.46 Å². The van der Waals surface area contributed by atoms with Gasteiger partial charge in [0.1, 0.15) is 5.82 Å². The maximum Gasteiger partial charge on any atom is 0.137 e. The molecule has 0 amide bonds. The number of rotatable bonds is 5. The fourth-order valence-corrected chi connectivity index (χ4v) is 1.98. The van der Waals surface area contributed by atoms with E-state index >= 15 is 0 Å². The molecule has 0 unspecified atom stereocenters. The fraction of sp³-hybridized carbons (Fsp3) is 0.364. The Balaban J connectivity index is 2.77. The van der Waals surface area contributed by atoms with Crippen molar-refractivity contribution >= 4 is 33.1 Å². The van der Waals surface area contributed by atoms with Crippen molar-refractivity contribution in [2.24, 2.45) is 5.73 Å². The summed E-state index contributed by atoms with van der Waals surface area (Å²) in [5.74, 6) is -0.246. The summed E-state index contributed by atoms with van der Waals surface area (Å²) >= 11 is 8.10. The number of thiocarbonyl (C=S) groups is 1. The highest BCUT2D eigenvalue weighted by molar-refractivity contribution is 9.10. The largest absolute Gasteiger partial charge is 0.392 e. The van der Waals surface area contributed by atoms with Crippen LogP contribution in [0.25, 0.3) is 0 Å². The Morgan fingerprint density at radius 3 is 2.81 bits per heavy atom. The maximum absolute atomic E-state index is 13.3. The summed E-state index contributed by atoms with van der Waals surface area (Å²) < 4.78 is 13.8. The molecule has 0 aliphatic rings. The molecule has 0 atom stereocenters. The third-order valence-electron chi connectivity index (χ3n) is 2.25. The van der Waals surface area contributed by atoms with Crippen molar-refractivity contribution in [2.75, 3.05) is 13.1 Å². The van der Waals surface area contributed by atoms with Crippen molar-refractivity contribution in [1.82, 2.24) is 4.90 Å². The van der Waals surface area contributed by atoms with E-state index in [0.29, 0.717) is 22.6 Å². The molecule has 0 radical (unpaired) electrons. The molecule has 0 aromatic heterocycles. The summed E-state index contributed by atoms with van der Waals surface area (Å²) in [7, 11) is 0. The molecule has 0 saturated carbocycles. The molecule has 2 N–H and O–H groups in total. The van der Waals surface area contributed by atoms with Gasteiger partial charge in [0, 0.05) is 13.1 Å². The van der Waals surface area contributed by atoms with Crippen LogP contribution in [0.15, 0.2) is 22.7 Å². The third-order valence-corrected chi connectivity index (χ3v) is 3.27. The summed E-state index contributed by atoms with van der Waals surface area (Å²) in [6, 6.07) is 5.01. The lowest BCUT2D eigenvalue weighted by molar-refractivity contribution is 0.320. The monoisotopic (exact) mass is 304 g/mol. The number of benzene rings is 1. The van der Waals surface area contributed by atoms with Gasteiger partial charge in [0.15, 0.2) is 0 Å². The Labute approximate surface area is 109 Å². The molecular formula is C11H14BrFN2S. The Hall–Kier alpha value is -0.520. The molecule has 5 heteroatoms. The van der Waals surface area contributed by atoms with E-state index < -0.39 is 0 Å². The highest BCUT2D eigenvalue weighted by atomic mass is 79.9. The molecule has 2 nitrogen and oxygen atoms in total. The highest BCUT2D eigenvalue weighted by Gasteiger charge is 2.09. The van der Waals surface area contributed by atoms with Crippen LogP contribution >= 0.6 is 28.1 Å². The molecule has 0 heterocycles. The van der Waals surface area contributed by atoms with Crippen LogP contribution in [-0.4, -0.2) is 23.0 Å². The van der Waals surface area contributed by atoms with E-state index in [2.05, 4.69) is 20.8 Å². The number of halogens is 2. The highest BCUT2D eigenvalue weighted by Crippen LogP contribution is 2.21. The van der Waals surface area contributed by atoms with Gasteiger partial charge in [0.25, 0.3) is 0 Å². The first kappa shape index (κ1) is 13.5. The minimum atomic E-state index is -0.246. The average molecular weight is 305 g/mol. The molecule has 1 rings (SSSR count). The lowest BCUT2D eigenvalue weighted by Crippen LogP contribution is -2.32. The lowest BCUT2D eigenvalue weighted by Gasteiger charge is -2.20. The smallest absolute Gasteiger partial charge is 0.137 e. The van der Waals surface area contributed by atoms with Crippen LogP contribution in [0, 0.1) is 5.82 Å². The third kappa shape index (κ3) is 3.81. The molecule has 1 aromatic rings. The van der Waals surface area contributed by atoms with Crippen LogP contribution in [0.5, 0.6) is 0 Å². The topological polar surface area (TPSA) is 29.3 Å². The zero-order valence-corrected chi connectivity index (χ0v) is 11.4. The molecule has 1 aromatic carbocycles. The Bertz CT molecular complexity index is 384. The average Bonchev–Trinajstić information content (AvgIpc) is 2.23. The summed E-state index contributed by atoms with van der Waals surface area (Å²) in [5, 5.41) is 0. The fourth-order valence-electron chi connectivity index (χ4n) is 1.41. The molecule has 0 saturated heterocycles. The first-order valence-corrected chi connectivity index (χ1v) is 6.18. The zero-order valence-electron chi connectivity index (χ0n) is 9.04. The van der Waals surface area contributed by atoms with E-state index in [1.807, 2.05) is 13.0 Å². The van der Waals surface area contributed by atoms with E-state index in [0.717, 1.165) is 12.1 Å². The van der Waals surface area contributed by atoms with Crippen LogP contribution in [0.2, 0.25) is 0 Å². The van der Waals surface area contributed by atoms with Gasteiger partial charge < -0.3 is 5.73 Å². The number of likely N-dealkylation sites (N-methyl/N-ethyl adjacent to an activating group) is 1. The molecule has 0 bridgehead atoms. The maximum atomic E-state index is 13.3. The second-order valence-corrected chi connectivity index (χ2v) is 4.80. The second kappa shape index (κ2) is 6.27. The van der Waals surface area contributed by atoms with Crippen molar-refractivity contribution in [3.63, 3.8) is 0 Å². The van der Waals surface area contributed by atoms with Crippen molar-refractivity contribution in [1.29, 1.82) is 0 Å². The molecular weight excluding hydrogens is 291 g/mol. The van der Waals surface area contributed by atoms with E-state index in [1.54, 1.807) is 6.07 Å². The normalized spacial score (nSPS) is 10.8. The molecule has 0 aliphatic carbocycles. The van der Waals surface area contributed by atoms with Gasteiger partial charge in [-0.05, 0) is 34.1 Å². The Kier molecular flexibility index (Phi) is 5.31. The molecule has 0 aliphatic heterocycles. The van der Waals surface area contributed by atoms with Crippen LogP contribution in [0.3, 0.4) is 0 Å². The van der Waals surface area contributed by atoms with Crippen LogP contribution < -0.4 is 5.73 Å². The van der Waals surface area contributed by atoms with Crippen molar-refractivity contribution in [3.05, 3.63) is 34.1 Å². The Morgan fingerprint density at radius 2 is 2.25 bits per heavy atom. The Morgan fingerprint density at radius 1 is 1.56 bits per heavy atom. The predicted molar refractivity (Wildman–Crippen MR) is 71.8 cm³/mol. The van der Waals surface area contributed by atoms with Gasteiger partial charge in [-0.1, -0.05) is 31.3 Å². The van der Waals surface area contributed by atoms with Crippen LogP contribution in [0.1, 0.15) is 12.5 Å². The standard InChI is InChI=1S/C11H14BrFN2S/c1-2-15(7-10(14)16)6-8-4-3-5-9(13)11(8)12/h3-5H,2,6-7H2,1H3,(H2,14,16). The summed E-state index contributed by atoms with van der Waals surface area (Å²) in [6.07, 6.45) is 0. The van der Waals surface area contributed by atoms with Gasteiger partial charge in [-0.3, -0.25) is 4.90 Å². The van der Waals surface area contributed by atoms with Gasteiger partial charge in [-0.25, -0.2) is 4.39 Å². The van der Waals surface area contributed by atoms with E-state index in [-0.39, 0.29) is 5.82 Å². The zero-order chi connectivity index (χ0) is 12.1. The van der Waals surface area contributed by atoms with E-state index in [4.69, 9.17) is 18.0 Å². The van der Waals surface area contributed by atoms with Crippen LogP contribution in [-0.2, 0) is 6.54 Å². The predicted octanol–water partition coefficient (Wildman–Crippen LogP) is 2.70. The van der Waals surface area contributed by atoms with E-state index in [9.17, 15) is 4.39 Å². The quantitative estimate of drug-likeness (QED) is 0.848. The summed E-state index contributed by atoms with van der Waals surface area (Å²) in [4.78, 5) is 2.51. The van der Waals surface area contributed by atoms with Crippen molar-refractivity contribution in [3.8, 4) is 0 Å². The SMILES string of the molecule is CCN(CC(N)=S)Cc1cccc(F)c1Br. The number of hydrogen-bond donors (Lipinski definition) is 1. The van der Waals surface area contributed by atoms with Gasteiger partial charge in [0.2, 0.25) is 0 Å².